The average Bonchev–Trinajstić information content (AvgIpc) is 3.84. The number of Topliss-reactive ketones (excluding diaryl/α,β-unsaturated/α-hetero) is 1. The molecule has 12 heteroatoms. The number of hydrogen-bond acceptors (Lipinski definition) is 9. The highest BCUT2D eigenvalue weighted by Crippen LogP contribution is 2.72. The van der Waals surface area contributed by atoms with Gasteiger partial charge in [0, 0.05) is 40.3 Å². The maximum absolute atomic E-state index is 18.0. The van der Waals surface area contributed by atoms with E-state index in [1.54, 1.807) is 34.9 Å². The Morgan fingerprint density at radius 2 is 1.93 bits per heavy atom. The number of ether oxygens (including phenoxy) is 2. The van der Waals surface area contributed by atoms with Crippen LogP contribution in [-0.2, 0) is 32.2 Å². The summed E-state index contributed by atoms with van der Waals surface area (Å²) in [5, 5.41) is 36.0. The summed E-state index contributed by atoms with van der Waals surface area (Å²) in [7, 11) is 0. The van der Waals surface area contributed by atoms with Crippen LogP contribution in [0.25, 0.3) is 0 Å². The molecule has 1 unspecified atom stereocenters. The molecule has 2 aromatic rings. The van der Waals surface area contributed by atoms with E-state index in [4.69, 9.17) is 14.4 Å². The number of aliphatic hydroxyl groups is 2. The lowest BCUT2D eigenvalue weighted by Crippen LogP contribution is -2.69. The Morgan fingerprint density at radius 1 is 1.16 bits per heavy atom. The molecule has 1 aromatic heterocycles. The SMILES string of the molecule is CC(C)(C)NCC(O)c1ccc(OO)c(C[n+]2ccn(CC(=O)[C@@]34O[C@H](C5CCCCC5)O[C@@H]3C[C@H]3[C@@H]5CCC6=CC(=O)C=C[C@]6(C)[C@@]5(F)[C@@H](O)C[C@@]34C)c2)c1. The van der Waals surface area contributed by atoms with Gasteiger partial charge in [-0.15, -0.1) is 0 Å². The van der Waals surface area contributed by atoms with Crippen LogP contribution in [0.1, 0.15) is 110 Å². The van der Waals surface area contributed by atoms with Crippen LogP contribution in [0.3, 0.4) is 0 Å². The fraction of sp³-hybridized carbons (Fsp3) is 0.659. The maximum atomic E-state index is 18.0. The van der Waals surface area contributed by atoms with Gasteiger partial charge < -0.3 is 29.9 Å². The molecule has 1 aliphatic heterocycles. The number of aromatic nitrogens is 2. The first-order valence-electron chi connectivity index (χ1n) is 20.6. The highest BCUT2D eigenvalue weighted by molar-refractivity contribution is 6.01. The molecule has 1 aromatic carbocycles. The van der Waals surface area contributed by atoms with E-state index >= 15 is 9.18 Å². The molecule has 5 fully saturated rings. The predicted octanol–water partition coefficient (Wildman–Crippen LogP) is 5.71. The molecule has 10 atom stereocenters. The molecule has 2 heterocycles. The largest absolute Gasteiger partial charge is 0.390 e. The number of carbonyl (C=O) groups is 2. The number of hydrogen-bond donors (Lipinski definition) is 4. The maximum Gasteiger partial charge on any atom is 0.244 e. The molecule has 0 spiro atoms. The van der Waals surface area contributed by atoms with E-state index in [1.165, 1.54) is 6.08 Å². The van der Waals surface area contributed by atoms with Crippen LogP contribution in [0.15, 0.2) is 60.7 Å². The van der Waals surface area contributed by atoms with E-state index in [-0.39, 0.29) is 47.7 Å². The van der Waals surface area contributed by atoms with Crippen molar-refractivity contribution >= 4 is 11.6 Å². The quantitative estimate of drug-likeness (QED) is 0.136. The fourth-order valence-electron chi connectivity index (χ4n) is 11.7. The van der Waals surface area contributed by atoms with Gasteiger partial charge in [-0.05, 0) is 102 Å². The van der Waals surface area contributed by atoms with Crippen molar-refractivity contribution in [1.82, 2.24) is 9.88 Å². The van der Waals surface area contributed by atoms with Crippen molar-refractivity contribution in [3.05, 3.63) is 71.8 Å². The highest BCUT2D eigenvalue weighted by Gasteiger charge is 2.79. The van der Waals surface area contributed by atoms with Crippen LogP contribution in [0, 0.1) is 28.6 Å². The van der Waals surface area contributed by atoms with E-state index in [0.717, 1.165) is 37.7 Å². The molecule has 6 aliphatic rings. The van der Waals surface area contributed by atoms with Gasteiger partial charge in [-0.3, -0.25) is 9.59 Å². The number of nitrogens with zero attached hydrogens (tertiary/aromatic N) is 2. The van der Waals surface area contributed by atoms with Crippen LogP contribution in [0.5, 0.6) is 5.75 Å². The number of nitrogens with one attached hydrogen (secondary N) is 1. The Bertz CT molecular complexity index is 1920. The van der Waals surface area contributed by atoms with Gasteiger partial charge in [0.2, 0.25) is 12.1 Å². The predicted molar refractivity (Wildman–Crippen MR) is 204 cm³/mol. The van der Waals surface area contributed by atoms with Crippen molar-refractivity contribution in [2.24, 2.45) is 28.6 Å². The Balaban J connectivity index is 1.08. The molecule has 56 heavy (non-hydrogen) atoms. The van der Waals surface area contributed by atoms with Gasteiger partial charge in [0.25, 0.3) is 0 Å². The number of ketones is 2. The molecule has 304 valence electrons. The van der Waals surface area contributed by atoms with Crippen LogP contribution in [0.2, 0.25) is 0 Å². The van der Waals surface area contributed by atoms with E-state index < -0.39 is 52.6 Å². The zero-order chi connectivity index (χ0) is 39.8. The van der Waals surface area contributed by atoms with Gasteiger partial charge in [-0.2, -0.15) is 0 Å². The summed E-state index contributed by atoms with van der Waals surface area (Å²) in [5.41, 5.74) is -3.60. The summed E-state index contributed by atoms with van der Waals surface area (Å²) < 4.78 is 35.6. The van der Waals surface area contributed by atoms with Crippen LogP contribution < -0.4 is 14.8 Å². The minimum absolute atomic E-state index is 0.0237. The Kier molecular flexibility index (Phi) is 10.1. The van der Waals surface area contributed by atoms with Crippen molar-refractivity contribution < 1.29 is 48.4 Å². The number of benzene rings is 1. The van der Waals surface area contributed by atoms with Crippen molar-refractivity contribution in [2.45, 2.75) is 147 Å². The number of imidazole rings is 1. The second kappa shape index (κ2) is 14.2. The summed E-state index contributed by atoms with van der Waals surface area (Å²) in [6.07, 6.45) is 13.5. The van der Waals surface area contributed by atoms with Crippen LogP contribution in [-0.4, -0.2) is 73.5 Å². The number of fused-ring (bicyclic) bond motifs is 7. The normalized spacial score (nSPS) is 37.3. The summed E-state index contributed by atoms with van der Waals surface area (Å²) in [6, 6.07) is 5.15. The van der Waals surface area contributed by atoms with Crippen molar-refractivity contribution in [2.75, 3.05) is 6.54 Å². The second-order valence-corrected chi connectivity index (χ2v) is 19.0. The van der Waals surface area contributed by atoms with Gasteiger partial charge in [0.05, 0.1) is 18.3 Å². The topological polar surface area (TPSA) is 143 Å². The van der Waals surface area contributed by atoms with E-state index in [0.29, 0.717) is 43.5 Å². The van der Waals surface area contributed by atoms with Crippen molar-refractivity contribution in [3.63, 3.8) is 0 Å². The Hall–Kier alpha value is -3.26. The summed E-state index contributed by atoms with van der Waals surface area (Å²) in [6.45, 7) is 10.5. The summed E-state index contributed by atoms with van der Waals surface area (Å²) >= 11 is 0. The number of rotatable bonds is 10. The van der Waals surface area contributed by atoms with Gasteiger partial charge in [-0.1, -0.05) is 43.9 Å². The monoisotopic (exact) mass is 776 g/mol. The zero-order valence-electron chi connectivity index (χ0n) is 33.4. The van der Waals surface area contributed by atoms with E-state index in [1.807, 2.05) is 57.9 Å². The second-order valence-electron chi connectivity index (χ2n) is 19.0. The number of alkyl halides is 1. The van der Waals surface area contributed by atoms with E-state index in [9.17, 15) is 20.3 Å². The third-order valence-electron chi connectivity index (χ3n) is 14.7. The van der Waals surface area contributed by atoms with Crippen molar-refractivity contribution in [1.29, 1.82) is 0 Å². The van der Waals surface area contributed by atoms with Gasteiger partial charge >= 0.3 is 0 Å². The lowest BCUT2D eigenvalue weighted by atomic mass is 9.44. The molecule has 5 aliphatic carbocycles. The lowest BCUT2D eigenvalue weighted by Gasteiger charge is -2.62. The first-order chi connectivity index (χ1) is 26.5. The molecular formula is C44H59FN3O8+. The Labute approximate surface area is 328 Å². The number of allylic oxidation sites excluding steroid dienone is 4. The van der Waals surface area contributed by atoms with Crippen molar-refractivity contribution in [3.8, 4) is 5.75 Å². The van der Waals surface area contributed by atoms with E-state index in [2.05, 4.69) is 5.32 Å². The molecule has 4 N–H and O–H groups in total. The van der Waals surface area contributed by atoms with Crippen LogP contribution in [0.4, 0.5) is 4.39 Å². The first kappa shape index (κ1) is 39.6. The molecule has 0 radical (unpaired) electrons. The molecule has 0 bridgehead atoms. The number of aliphatic hydroxyl groups excluding tert-OH is 2. The third kappa shape index (κ3) is 6.25. The minimum atomic E-state index is -2.02. The third-order valence-corrected chi connectivity index (χ3v) is 14.7. The van der Waals surface area contributed by atoms with Gasteiger partial charge in [0.15, 0.2) is 35.6 Å². The molecule has 4 saturated carbocycles. The summed E-state index contributed by atoms with van der Waals surface area (Å²) in [5.74, 6) is -0.760. The minimum Gasteiger partial charge on any atom is -0.390 e. The number of carbonyl (C=O) groups excluding carboxylic acids is 2. The van der Waals surface area contributed by atoms with Gasteiger partial charge in [-0.25, -0.2) is 18.8 Å². The lowest BCUT2D eigenvalue weighted by molar-refractivity contribution is -0.687. The molecular weight excluding hydrogens is 717 g/mol. The highest BCUT2D eigenvalue weighted by atomic mass is 19.1. The molecule has 1 saturated heterocycles. The first-order valence-corrected chi connectivity index (χ1v) is 20.6. The average molecular weight is 777 g/mol. The standard InChI is InChI=1S/C44H58FN3O8/c1-40(2,3)46-23-34(50)28-11-14-35(56-53)29(19-28)24-47-17-18-48(26-47)25-37(52)44-38(54-39(55-44)27-9-7-6-8-10-27)21-33-32-13-12-30-20-31(49)15-16-41(30,4)43(32,45)36(51)22-42(33,44)5/h11,14-20,26-27,32-34,36,38-39,46,50-51H,6-10,12-13,21-25H2,1-5H3/p+1/t32-,33-,34?,36-,38+,39+,41-,42-,43-,44+/m0/s1. The van der Waals surface area contributed by atoms with Gasteiger partial charge in [0.1, 0.15) is 18.9 Å². The Morgan fingerprint density at radius 3 is 2.66 bits per heavy atom. The number of halogens is 1. The van der Waals surface area contributed by atoms with Crippen LogP contribution >= 0.6 is 0 Å². The zero-order valence-corrected chi connectivity index (χ0v) is 33.4. The smallest absolute Gasteiger partial charge is 0.244 e. The molecule has 8 rings (SSSR count). The summed E-state index contributed by atoms with van der Waals surface area (Å²) in [4.78, 5) is 32.2. The number of β-amino-alcohol motifs (C(OH)–C–C–N with tert-alkyl or cyclic N) is 1. The fourth-order valence-corrected chi connectivity index (χ4v) is 11.7. The molecule has 0 amide bonds. The molecule has 11 nitrogen and oxygen atoms in total.